The number of hydrogen-bond donors (Lipinski definition) is 3. The van der Waals surface area contributed by atoms with Gasteiger partial charge in [0.1, 0.15) is 29.6 Å². The van der Waals surface area contributed by atoms with Crippen molar-refractivity contribution >= 4 is 22.6 Å². The number of ether oxygens (including phenoxy) is 2. The Morgan fingerprint density at radius 1 is 1.17 bits per heavy atom. The van der Waals surface area contributed by atoms with E-state index < -0.39 is 36.3 Å². The molecule has 3 N–H and O–H groups in total. The molecule has 0 unspecified atom stereocenters. The minimum absolute atomic E-state index is 0.161. The second-order valence-electron chi connectivity index (χ2n) is 5.68. The minimum Gasteiger partial charge on any atom is -0.462 e. The lowest BCUT2D eigenvalue weighted by Crippen LogP contribution is -2.58. The van der Waals surface area contributed by atoms with E-state index in [0.717, 1.165) is 0 Å². The fraction of sp³-hybridized carbons (Fsp3) is 0.438. The van der Waals surface area contributed by atoms with E-state index in [-0.39, 0.29) is 17.2 Å². The Labute approximate surface area is 142 Å². The summed E-state index contributed by atoms with van der Waals surface area (Å²) in [7, 11) is 0. The van der Waals surface area contributed by atoms with Gasteiger partial charge in [-0.1, -0.05) is 0 Å². The third-order valence-corrected chi connectivity index (χ3v) is 4.29. The molecule has 1 aromatic heterocycles. The Bertz CT molecular complexity index is 790. The second-order valence-corrected chi connectivity index (χ2v) is 5.95. The maximum atomic E-state index is 11.5. The van der Waals surface area contributed by atoms with Gasteiger partial charge in [0.15, 0.2) is 0 Å². The zero-order valence-electron chi connectivity index (χ0n) is 12.8. The first-order valence-electron chi connectivity index (χ1n) is 7.40. The number of fused-ring (bicyclic) bond motifs is 1. The van der Waals surface area contributed by atoms with Crippen molar-refractivity contribution in [2.75, 3.05) is 0 Å². The Hall–Kier alpha value is -1.64. The SMILES string of the molecule is C[C@H]1O[C@@H](Oc2ccc3c(CCl)cc(=O)oc3c2)[C@H](O)[C@@H](O)[C@@H]1O. The summed E-state index contributed by atoms with van der Waals surface area (Å²) in [6, 6.07) is 6.08. The Kier molecular flexibility index (Phi) is 4.80. The summed E-state index contributed by atoms with van der Waals surface area (Å²) in [4.78, 5) is 11.5. The molecule has 2 heterocycles. The normalized spacial score (nSPS) is 30.5. The molecule has 1 saturated heterocycles. The van der Waals surface area contributed by atoms with Gasteiger partial charge in [0.2, 0.25) is 6.29 Å². The minimum atomic E-state index is -1.42. The molecule has 7 nitrogen and oxygen atoms in total. The van der Waals surface area contributed by atoms with E-state index in [1.54, 1.807) is 19.1 Å². The summed E-state index contributed by atoms with van der Waals surface area (Å²) in [5, 5.41) is 30.1. The van der Waals surface area contributed by atoms with Gasteiger partial charge in [-0.2, -0.15) is 0 Å². The summed E-state index contributed by atoms with van der Waals surface area (Å²) < 4.78 is 16.0. The number of benzene rings is 1. The van der Waals surface area contributed by atoms with Crippen molar-refractivity contribution < 1.29 is 29.2 Å². The molecular weight excluding hydrogens is 340 g/mol. The van der Waals surface area contributed by atoms with E-state index in [4.69, 9.17) is 25.5 Å². The smallest absolute Gasteiger partial charge is 0.336 e. The van der Waals surface area contributed by atoms with Gasteiger partial charge in [0, 0.05) is 23.4 Å². The molecule has 1 aliphatic rings. The summed E-state index contributed by atoms with van der Waals surface area (Å²) in [5.74, 6) is 0.436. The van der Waals surface area contributed by atoms with E-state index in [1.807, 2.05) is 0 Å². The van der Waals surface area contributed by atoms with Gasteiger partial charge in [-0.25, -0.2) is 4.79 Å². The third kappa shape index (κ3) is 3.13. The molecular formula is C16H17ClO7. The van der Waals surface area contributed by atoms with Gasteiger partial charge in [0.25, 0.3) is 0 Å². The molecule has 2 aromatic rings. The van der Waals surface area contributed by atoms with E-state index >= 15 is 0 Å². The highest BCUT2D eigenvalue weighted by atomic mass is 35.5. The van der Waals surface area contributed by atoms with Crippen molar-refractivity contribution in [2.24, 2.45) is 0 Å². The van der Waals surface area contributed by atoms with Crippen LogP contribution in [0.5, 0.6) is 5.75 Å². The number of rotatable bonds is 3. The van der Waals surface area contributed by atoms with Crippen LogP contribution in [0, 0.1) is 0 Å². The fourth-order valence-corrected chi connectivity index (χ4v) is 2.86. The largest absolute Gasteiger partial charge is 0.462 e. The molecule has 5 atom stereocenters. The maximum Gasteiger partial charge on any atom is 0.336 e. The highest BCUT2D eigenvalue weighted by molar-refractivity contribution is 6.17. The van der Waals surface area contributed by atoms with Gasteiger partial charge in [-0.05, 0) is 24.6 Å². The predicted octanol–water partition coefficient (Wildman–Crippen LogP) is 0.738. The lowest BCUT2D eigenvalue weighted by molar-refractivity contribution is -0.268. The van der Waals surface area contributed by atoms with Crippen LogP contribution in [0.25, 0.3) is 11.0 Å². The molecule has 130 valence electrons. The molecule has 0 spiro atoms. The molecule has 0 saturated carbocycles. The van der Waals surface area contributed by atoms with Crippen molar-refractivity contribution in [1.82, 2.24) is 0 Å². The van der Waals surface area contributed by atoms with Crippen LogP contribution in [0.3, 0.4) is 0 Å². The van der Waals surface area contributed by atoms with Crippen LogP contribution >= 0.6 is 11.6 Å². The molecule has 24 heavy (non-hydrogen) atoms. The molecule has 1 aliphatic heterocycles. The number of halogens is 1. The quantitative estimate of drug-likeness (QED) is 0.549. The lowest BCUT2D eigenvalue weighted by atomic mass is 10.00. The second kappa shape index (κ2) is 6.70. The van der Waals surface area contributed by atoms with Gasteiger partial charge in [0.05, 0.1) is 6.10 Å². The van der Waals surface area contributed by atoms with E-state index in [2.05, 4.69) is 0 Å². The van der Waals surface area contributed by atoms with Gasteiger partial charge >= 0.3 is 5.63 Å². The number of aliphatic hydroxyl groups is 3. The zero-order chi connectivity index (χ0) is 17.4. The highest BCUT2D eigenvalue weighted by Gasteiger charge is 2.43. The Morgan fingerprint density at radius 2 is 1.92 bits per heavy atom. The predicted molar refractivity (Wildman–Crippen MR) is 85.0 cm³/mol. The van der Waals surface area contributed by atoms with E-state index in [1.165, 1.54) is 12.1 Å². The molecule has 1 fully saturated rings. The van der Waals surface area contributed by atoms with Crippen LogP contribution in [0.1, 0.15) is 12.5 Å². The maximum absolute atomic E-state index is 11.5. The van der Waals surface area contributed by atoms with E-state index in [0.29, 0.717) is 10.9 Å². The average molecular weight is 357 g/mol. The Balaban J connectivity index is 1.89. The summed E-state index contributed by atoms with van der Waals surface area (Å²) in [6.07, 6.45) is -5.90. The first-order chi connectivity index (χ1) is 11.4. The molecule has 3 rings (SSSR count). The summed E-state index contributed by atoms with van der Waals surface area (Å²) in [6.45, 7) is 1.56. The van der Waals surface area contributed by atoms with E-state index in [9.17, 15) is 20.1 Å². The van der Waals surface area contributed by atoms with Crippen LogP contribution in [-0.2, 0) is 10.6 Å². The first-order valence-corrected chi connectivity index (χ1v) is 7.93. The number of aliphatic hydroxyl groups excluding tert-OH is 3. The number of alkyl halides is 1. The van der Waals surface area contributed by atoms with Crippen LogP contribution < -0.4 is 10.4 Å². The number of hydrogen-bond acceptors (Lipinski definition) is 7. The highest BCUT2D eigenvalue weighted by Crippen LogP contribution is 2.27. The van der Waals surface area contributed by atoms with Crippen molar-refractivity contribution in [1.29, 1.82) is 0 Å². The van der Waals surface area contributed by atoms with Gasteiger partial charge in [-0.15, -0.1) is 11.6 Å². The van der Waals surface area contributed by atoms with Gasteiger partial charge < -0.3 is 29.2 Å². The average Bonchev–Trinajstić information content (AvgIpc) is 2.56. The molecule has 1 aromatic carbocycles. The molecule has 0 bridgehead atoms. The molecule has 8 heteroatoms. The fourth-order valence-electron chi connectivity index (χ4n) is 2.64. The summed E-state index contributed by atoms with van der Waals surface area (Å²) in [5.41, 5.74) is 0.390. The van der Waals surface area contributed by atoms with Crippen molar-refractivity contribution in [3.8, 4) is 5.75 Å². The van der Waals surface area contributed by atoms with Crippen LogP contribution in [0.15, 0.2) is 33.5 Å². The van der Waals surface area contributed by atoms with Crippen molar-refractivity contribution in [3.05, 3.63) is 40.2 Å². The molecule has 0 aliphatic carbocycles. The van der Waals surface area contributed by atoms with Crippen LogP contribution in [0.4, 0.5) is 0 Å². The first kappa shape index (κ1) is 17.2. The standard InChI is InChI=1S/C16H17ClO7/c1-7-13(19)14(20)15(21)16(22-7)23-9-2-3-10-8(6-17)4-12(18)24-11(10)5-9/h2-5,7,13-16,19-21H,6H2,1H3/t7-,13-,14+,15-,16+/m1/s1. The summed E-state index contributed by atoms with van der Waals surface area (Å²) >= 11 is 5.82. The molecule has 0 amide bonds. The van der Waals surface area contributed by atoms with Crippen molar-refractivity contribution in [2.45, 2.75) is 43.5 Å². The topological polar surface area (TPSA) is 109 Å². The van der Waals surface area contributed by atoms with Crippen LogP contribution in [-0.4, -0.2) is 46.0 Å². The van der Waals surface area contributed by atoms with Crippen molar-refractivity contribution in [3.63, 3.8) is 0 Å². The Morgan fingerprint density at radius 3 is 2.62 bits per heavy atom. The van der Waals surface area contributed by atoms with Crippen LogP contribution in [0.2, 0.25) is 0 Å². The third-order valence-electron chi connectivity index (χ3n) is 4.01. The van der Waals surface area contributed by atoms with Gasteiger partial charge in [-0.3, -0.25) is 0 Å². The lowest BCUT2D eigenvalue weighted by Gasteiger charge is -2.38. The zero-order valence-corrected chi connectivity index (χ0v) is 13.5. The monoisotopic (exact) mass is 356 g/mol. The molecule has 0 radical (unpaired) electrons.